The Balaban J connectivity index is 2.57. The number of rotatable bonds is 5. The Labute approximate surface area is 138 Å². The second kappa shape index (κ2) is 7.11. The minimum atomic E-state index is -5.05. The summed E-state index contributed by atoms with van der Waals surface area (Å²) in [6.07, 6.45) is -5.66. The van der Waals surface area contributed by atoms with E-state index in [-0.39, 0.29) is 23.0 Å². The number of halogens is 3. The molecule has 0 radical (unpaired) electrons. The third-order valence-corrected chi connectivity index (χ3v) is 2.79. The fourth-order valence-corrected chi connectivity index (χ4v) is 1.81. The van der Waals surface area contributed by atoms with Gasteiger partial charge < -0.3 is 18.6 Å². The first-order valence-electron chi connectivity index (χ1n) is 6.52. The Bertz CT molecular complexity index is 787. The summed E-state index contributed by atoms with van der Waals surface area (Å²) < 4.78 is 55.9. The van der Waals surface area contributed by atoms with Gasteiger partial charge >= 0.3 is 12.5 Å². The van der Waals surface area contributed by atoms with Gasteiger partial charge in [0.05, 0.1) is 19.8 Å². The molecule has 0 saturated carbocycles. The molecule has 134 valence electrons. The van der Waals surface area contributed by atoms with E-state index in [4.69, 9.17) is 9.15 Å². The molecule has 0 spiro atoms. The number of nitrogens with zero attached hydrogens (tertiary/aromatic N) is 1. The van der Waals surface area contributed by atoms with E-state index >= 15 is 0 Å². The minimum Gasteiger partial charge on any atom is -0.480 e. The van der Waals surface area contributed by atoms with Gasteiger partial charge in [-0.15, -0.1) is 13.2 Å². The SMILES string of the molecule is COC(=O)Nc1cc(-c2ccc(C=O)o2)c(OC)nc1OC(F)(F)F. The summed E-state index contributed by atoms with van der Waals surface area (Å²) in [6.45, 7) is 0. The largest absolute Gasteiger partial charge is 0.574 e. The van der Waals surface area contributed by atoms with E-state index in [0.717, 1.165) is 13.2 Å². The zero-order chi connectivity index (χ0) is 18.6. The highest BCUT2D eigenvalue weighted by molar-refractivity contribution is 5.88. The van der Waals surface area contributed by atoms with E-state index in [0.29, 0.717) is 6.29 Å². The van der Waals surface area contributed by atoms with Gasteiger partial charge in [-0.2, -0.15) is 4.98 Å². The molecule has 0 saturated heterocycles. The summed E-state index contributed by atoms with van der Waals surface area (Å²) >= 11 is 0. The number of methoxy groups -OCH3 is 2. The van der Waals surface area contributed by atoms with Crippen molar-refractivity contribution in [3.05, 3.63) is 24.0 Å². The normalized spacial score (nSPS) is 10.9. The molecule has 1 amide bonds. The number of hydrogen-bond donors (Lipinski definition) is 1. The van der Waals surface area contributed by atoms with E-state index in [1.54, 1.807) is 0 Å². The van der Waals surface area contributed by atoms with Crippen LogP contribution in [0.5, 0.6) is 11.8 Å². The third-order valence-electron chi connectivity index (χ3n) is 2.79. The standard InChI is InChI=1S/C14H11F3N2O6/c1-22-11-8(10-4-3-7(6-20)24-10)5-9(18-13(21)23-2)12(19-11)25-14(15,16)17/h3-6H,1-2H3,(H,18,21). The van der Waals surface area contributed by atoms with Crippen LogP contribution in [0, 0.1) is 0 Å². The molecule has 0 aliphatic carbocycles. The predicted octanol–water partition coefficient (Wildman–Crippen LogP) is 3.24. The predicted molar refractivity (Wildman–Crippen MR) is 76.6 cm³/mol. The number of amides is 1. The van der Waals surface area contributed by atoms with Gasteiger partial charge in [0.25, 0.3) is 0 Å². The van der Waals surface area contributed by atoms with Crippen molar-refractivity contribution < 1.29 is 41.4 Å². The van der Waals surface area contributed by atoms with Crippen LogP contribution >= 0.6 is 0 Å². The molecule has 0 bridgehead atoms. The van der Waals surface area contributed by atoms with E-state index in [9.17, 15) is 22.8 Å². The average Bonchev–Trinajstić information content (AvgIpc) is 3.03. The van der Waals surface area contributed by atoms with Crippen molar-refractivity contribution in [1.29, 1.82) is 0 Å². The zero-order valence-corrected chi connectivity index (χ0v) is 12.8. The lowest BCUT2D eigenvalue weighted by atomic mass is 10.2. The minimum absolute atomic E-state index is 0.0184. The summed E-state index contributed by atoms with van der Waals surface area (Å²) in [5, 5.41) is 2.05. The van der Waals surface area contributed by atoms with E-state index in [1.165, 1.54) is 19.2 Å². The van der Waals surface area contributed by atoms with Crippen LogP contribution in [0.1, 0.15) is 10.6 Å². The Hall–Kier alpha value is -3.24. The fraction of sp³-hybridized carbons (Fsp3) is 0.214. The number of hydrogen-bond acceptors (Lipinski definition) is 7. The molecule has 11 heteroatoms. The van der Waals surface area contributed by atoms with Gasteiger partial charge in [-0.05, 0) is 18.2 Å². The van der Waals surface area contributed by atoms with Gasteiger partial charge in [0.15, 0.2) is 12.0 Å². The van der Waals surface area contributed by atoms with Crippen LogP contribution in [0.4, 0.5) is 23.7 Å². The number of furan rings is 1. The number of aldehydes is 1. The summed E-state index contributed by atoms with van der Waals surface area (Å²) in [4.78, 5) is 25.7. The van der Waals surface area contributed by atoms with Gasteiger partial charge in [0.1, 0.15) is 11.4 Å². The number of pyridine rings is 1. The smallest absolute Gasteiger partial charge is 0.480 e. The third kappa shape index (κ3) is 4.40. The average molecular weight is 360 g/mol. The van der Waals surface area contributed by atoms with Gasteiger partial charge in [-0.1, -0.05) is 0 Å². The van der Waals surface area contributed by atoms with Crippen LogP contribution in [0.15, 0.2) is 22.6 Å². The second-order valence-corrected chi connectivity index (χ2v) is 4.38. The van der Waals surface area contributed by atoms with E-state index < -0.39 is 24.0 Å². The summed E-state index contributed by atoms with van der Waals surface area (Å²) in [7, 11) is 2.19. The van der Waals surface area contributed by atoms with Crippen LogP contribution in [-0.2, 0) is 4.74 Å². The molecule has 2 aromatic rings. The van der Waals surface area contributed by atoms with Crippen molar-refractivity contribution in [3.63, 3.8) is 0 Å². The highest BCUT2D eigenvalue weighted by Gasteiger charge is 2.34. The van der Waals surface area contributed by atoms with Gasteiger partial charge in [-0.25, -0.2) is 4.79 Å². The molecule has 8 nitrogen and oxygen atoms in total. The molecular formula is C14H11F3N2O6. The number of anilines is 1. The van der Waals surface area contributed by atoms with Crippen LogP contribution in [0.2, 0.25) is 0 Å². The maximum absolute atomic E-state index is 12.5. The number of aromatic nitrogens is 1. The lowest BCUT2D eigenvalue weighted by Gasteiger charge is -2.15. The fourth-order valence-electron chi connectivity index (χ4n) is 1.81. The number of carbonyl (C=O) groups excluding carboxylic acids is 2. The monoisotopic (exact) mass is 360 g/mol. The first kappa shape index (κ1) is 18.1. The highest BCUT2D eigenvalue weighted by Crippen LogP contribution is 2.38. The number of alkyl halides is 3. The van der Waals surface area contributed by atoms with Crippen LogP contribution in [-0.4, -0.2) is 37.9 Å². The lowest BCUT2D eigenvalue weighted by molar-refractivity contribution is -0.275. The molecule has 25 heavy (non-hydrogen) atoms. The number of ether oxygens (including phenoxy) is 3. The molecule has 0 aliphatic rings. The summed E-state index contributed by atoms with van der Waals surface area (Å²) in [6, 6.07) is 3.81. The van der Waals surface area contributed by atoms with Gasteiger partial charge in [0.2, 0.25) is 11.8 Å². The zero-order valence-electron chi connectivity index (χ0n) is 12.8. The second-order valence-electron chi connectivity index (χ2n) is 4.38. The molecule has 2 rings (SSSR count). The van der Waals surface area contributed by atoms with Crippen LogP contribution in [0.25, 0.3) is 11.3 Å². The van der Waals surface area contributed by atoms with Crippen molar-refractivity contribution in [1.82, 2.24) is 4.98 Å². The molecule has 0 fully saturated rings. The Morgan fingerprint density at radius 3 is 2.52 bits per heavy atom. The summed E-state index contributed by atoms with van der Waals surface area (Å²) in [5.74, 6) is -1.17. The maximum Gasteiger partial charge on any atom is 0.574 e. The molecule has 0 atom stereocenters. The molecule has 2 heterocycles. The topological polar surface area (TPSA) is 99.9 Å². The Kier molecular flexibility index (Phi) is 5.15. The van der Waals surface area contributed by atoms with Crippen LogP contribution in [0.3, 0.4) is 0 Å². The molecule has 0 aromatic carbocycles. The lowest BCUT2D eigenvalue weighted by Crippen LogP contribution is -2.20. The highest BCUT2D eigenvalue weighted by atomic mass is 19.4. The Morgan fingerprint density at radius 2 is 2.00 bits per heavy atom. The van der Waals surface area contributed by atoms with Gasteiger partial charge in [0, 0.05) is 0 Å². The first-order chi connectivity index (χ1) is 11.8. The van der Waals surface area contributed by atoms with Crippen molar-refractivity contribution in [2.75, 3.05) is 19.5 Å². The summed E-state index contributed by atoms with van der Waals surface area (Å²) in [5.41, 5.74) is -0.361. The van der Waals surface area contributed by atoms with Crippen molar-refractivity contribution in [3.8, 4) is 23.1 Å². The van der Waals surface area contributed by atoms with E-state index in [2.05, 4.69) is 14.5 Å². The quantitative estimate of drug-likeness (QED) is 0.817. The molecule has 0 aliphatic heterocycles. The molecule has 0 unspecified atom stereocenters. The van der Waals surface area contributed by atoms with Crippen LogP contribution < -0.4 is 14.8 Å². The van der Waals surface area contributed by atoms with Crippen molar-refractivity contribution in [2.24, 2.45) is 0 Å². The van der Waals surface area contributed by atoms with Crippen molar-refractivity contribution in [2.45, 2.75) is 6.36 Å². The van der Waals surface area contributed by atoms with Gasteiger partial charge in [-0.3, -0.25) is 10.1 Å². The molecule has 2 aromatic heterocycles. The molecule has 1 N–H and O–H groups in total. The number of nitrogens with one attached hydrogen (secondary N) is 1. The number of carbonyl (C=O) groups is 2. The first-order valence-corrected chi connectivity index (χ1v) is 6.52. The van der Waals surface area contributed by atoms with E-state index in [1.807, 2.05) is 5.32 Å². The van der Waals surface area contributed by atoms with Crippen molar-refractivity contribution >= 4 is 18.1 Å². The molecular weight excluding hydrogens is 349 g/mol. The maximum atomic E-state index is 12.5. The Morgan fingerprint density at radius 1 is 1.28 bits per heavy atom.